The van der Waals surface area contributed by atoms with Gasteiger partial charge in [-0.05, 0) is 35.4 Å². The van der Waals surface area contributed by atoms with E-state index in [1.54, 1.807) is 42.5 Å². The summed E-state index contributed by atoms with van der Waals surface area (Å²) in [5.41, 5.74) is 0.962. The normalized spacial score (nSPS) is 12.0. The van der Waals surface area contributed by atoms with Crippen LogP contribution in [-0.4, -0.2) is 14.6 Å². The quantitative estimate of drug-likeness (QED) is 0.515. The minimum absolute atomic E-state index is 0.175. The second-order valence-electron chi connectivity index (χ2n) is 5.79. The lowest BCUT2D eigenvalue weighted by atomic mass is 10.1. The van der Waals surface area contributed by atoms with Crippen LogP contribution in [0.25, 0.3) is 11.0 Å². The Labute approximate surface area is 167 Å². The molecule has 0 N–H and O–H groups in total. The molecule has 2 aromatic heterocycles. The first-order valence-electron chi connectivity index (χ1n) is 7.95. The van der Waals surface area contributed by atoms with Crippen molar-refractivity contribution in [3.63, 3.8) is 0 Å². The van der Waals surface area contributed by atoms with Crippen LogP contribution in [0.1, 0.15) is 16.8 Å². The molecular formula is C19H11Cl2N3O2S. The molecule has 0 radical (unpaired) electrons. The predicted molar refractivity (Wildman–Crippen MR) is 108 cm³/mol. The van der Waals surface area contributed by atoms with Gasteiger partial charge in [0.15, 0.2) is 0 Å². The third kappa shape index (κ3) is 3.64. The van der Waals surface area contributed by atoms with Crippen molar-refractivity contribution < 1.29 is 0 Å². The molecule has 5 nitrogen and oxygen atoms in total. The number of halogens is 2. The lowest BCUT2D eigenvalue weighted by Crippen LogP contribution is -2.28. The summed E-state index contributed by atoms with van der Waals surface area (Å²) in [7, 11) is 0. The van der Waals surface area contributed by atoms with E-state index in [9.17, 15) is 9.59 Å². The van der Waals surface area contributed by atoms with Gasteiger partial charge in [-0.15, -0.1) is 0 Å². The lowest BCUT2D eigenvalue weighted by molar-refractivity contribution is 0.811. The van der Waals surface area contributed by atoms with Gasteiger partial charge in [0.2, 0.25) is 4.96 Å². The van der Waals surface area contributed by atoms with Gasteiger partial charge in [0.25, 0.3) is 11.1 Å². The molecule has 8 heteroatoms. The summed E-state index contributed by atoms with van der Waals surface area (Å²) in [6.07, 6.45) is 1.93. The summed E-state index contributed by atoms with van der Waals surface area (Å²) in [5, 5.41) is 5.38. The maximum Gasteiger partial charge on any atom is 0.296 e. The van der Waals surface area contributed by atoms with Crippen LogP contribution in [0.15, 0.2) is 58.1 Å². The highest BCUT2D eigenvalue weighted by Crippen LogP contribution is 2.17. The van der Waals surface area contributed by atoms with Gasteiger partial charge < -0.3 is 0 Å². The molecule has 0 saturated heterocycles. The monoisotopic (exact) mass is 415 g/mol. The third-order valence-electron chi connectivity index (χ3n) is 3.93. The van der Waals surface area contributed by atoms with E-state index in [1.807, 2.05) is 12.1 Å². The van der Waals surface area contributed by atoms with Crippen molar-refractivity contribution in [1.29, 1.82) is 0 Å². The summed E-state index contributed by atoms with van der Waals surface area (Å²) in [6.45, 7) is 0. The molecule has 4 aromatic rings. The Morgan fingerprint density at radius 2 is 1.78 bits per heavy atom. The number of hydrogen-bond acceptors (Lipinski definition) is 5. The van der Waals surface area contributed by atoms with Crippen LogP contribution in [0.5, 0.6) is 0 Å². The highest BCUT2D eigenvalue weighted by molar-refractivity contribution is 7.15. The average Bonchev–Trinajstić information content (AvgIpc) is 2.94. The van der Waals surface area contributed by atoms with Crippen molar-refractivity contribution in [3.8, 4) is 0 Å². The number of hydrogen-bond donors (Lipinski definition) is 0. The van der Waals surface area contributed by atoms with Gasteiger partial charge >= 0.3 is 0 Å². The Bertz CT molecular complexity index is 1310. The second kappa shape index (κ2) is 7.23. The minimum atomic E-state index is -0.464. The number of fused-ring (bicyclic) bond motifs is 1. The number of aromatic nitrogens is 3. The molecule has 0 amide bonds. The van der Waals surface area contributed by atoms with Gasteiger partial charge in [0.1, 0.15) is 5.69 Å². The fraction of sp³-hybridized carbons (Fsp3) is 0.0526. The molecule has 0 fully saturated rings. The molecule has 134 valence electrons. The number of nitrogens with zero attached hydrogens (tertiary/aromatic N) is 3. The van der Waals surface area contributed by atoms with Crippen molar-refractivity contribution in [1.82, 2.24) is 14.6 Å². The number of thiazole rings is 1. The molecule has 0 saturated carbocycles. The molecule has 0 atom stereocenters. The number of rotatable bonds is 3. The van der Waals surface area contributed by atoms with Crippen molar-refractivity contribution in [3.05, 3.63) is 101 Å². The Balaban J connectivity index is 1.82. The van der Waals surface area contributed by atoms with E-state index in [0.29, 0.717) is 14.6 Å². The lowest BCUT2D eigenvalue weighted by Gasteiger charge is -2.02. The maximum atomic E-state index is 12.7. The Morgan fingerprint density at radius 1 is 1.04 bits per heavy atom. The van der Waals surface area contributed by atoms with E-state index in [0.717, 1.165) is 22.5 Å². The van der Waals surface area contributed by atoms with Crippen molar-refractivity contribution in [2.24, 2.45) is 0 Å². The van der Waals surface area contributed by atoms with E-state index in [-0.39, 0.29) is 22.6 Å². The van der Waals surface area contributed by atoms with Crippen LogP contribution in [0.4, 0.5) is 0 Å². The zero-order chi connectivity index (χ0) is 19.0. The van der Waals surface area contributed by atoms with Crippen molar-refractivity contribution >= 4 is 45.6 Å². The van der Waals surface area contributed by atoms with Gasteiger partial charge in [-0.1, -0.05) is 64.9 Å². The van der Waals surface area contributed by atoms with Gasteiger partial charge in [0.05, 0.1) is 4.53 Å². The molecule has 0 spiro atoms. The first-order chi connectivity index (χ1) is 13.0. The van der Waals surface area contributed by atoms with E-state index in [2.05, 4.69) is 10.1 Å². The molecule has 2 heterocycles. The van der Waals surface area contributed by atoms with Crippen LogP contribution in [0.3, 0.4) is 0 Å². The predicted octanol–water partition coefficient (Wildman–Crippen LogP) is 2.96. The molecule has 27 heavy (non-hydrogen) atoms. The van der Waals surface area contributed by atoms with E-state index < -0.39 is 5.56 Å². The Kier molecular flexibility index (Phi) is 4.78. The Morgan fingerprint density at radius 3 is 2.52 bits per heavy atom. The van der Waals surface area contributed by atoms with Crippen LogP contribution in [0.2, 0.25) is 10.0 Å². The van der Waals surface area contributed by atoms with Crippen LogP contribution >= 0.6 is 34.5 Å². The fourth-order valence-corrected chi connectivity index (χ4v) is 3.82. The van der Waals surface area contributed by atoms with Gasteiger partial charge in [-0.2, -0.15) is 14.6 Å². The molecule has 0 bridgehead atoms. The van der Waals surface area contributed by atoms with Gasteiger partial charge in [-0.3, -0.25) is 9.59 Å². The van der Waals surface area contributed by atoms with Crippen LogP contribution in [-0.2, 0) is 6.42 Å². The summed E-state index contributed by atoms with van der Waals surface area (Å²) >= 11 is 13.1. The topological polar surface area (TPSA) is 64.3 Å². The maximum absolute atomic E-state index is 12.7. The molecule has 0 aliphatic rings. The van der Waals surface area contributed by atoms with Crippen LogP contribution in [0, 0.1) is 0 Å². The van der Waals surface area contributed by atoms with Gasteiger partial charge in [0, 0.05) is 16.5 Å². The molecule has 2 aromatic carbocycles. The first-order valence-corrected chi connectivity index (χ1v) is 9.52. The minimum Gasteiger partial charge on any atom is -0.266 e. The zero-order valence-electron chi connectivity index (χ0n) is 13.7. The highest BCUT2D eigenvalue weighted by atomic mass is 35.5. The number of benzene rings is 2. The SMILES string of the molecule is O=c1nc2s/c(=C/c3ccc(Cl)cc3)c(=O)n2nc1Cc1ccccc1Cl. The molecule has 0 unspecified atom stereocenters. The Hall–Kier alpha value is -2.54. The fourth-order valence-electron chi connectivity index (χ4n) is 2.58. The smallest absolute Gasteiger partial charge is 0.266 e. The zero-order valence-corrected chi connectivity index (χ0v) is 16.1. The third-order valence-corrected chi connectivity index (χ3v) is 5.51. The van der Waals surface area contributed by atoms with Crippen molar-refractivity contribution in [2.45, 2.75) is 6.42 Å². The summed E-state index contributed by atoms with van der Waals surface area (Å²) in [6, 6.07) is 14.3. The second-order valence-corrected chi connectivity index (χ2v) is 7.65. The average molecular weight is 416 g/mol. The summed E-state index contributed by atoms with van der Waals surface area (Å²) in [5.74, 6) is 0. The van der Waals surface area contributed by atoms with E-state index in [4.69, 9.17) is 23.2 Å². The van der Waals surface area contributed by atoms with Gasteiger partial charge in [-0.25, -0.2) is 0 Å². The van der Waals surface area contributed by atoms with Crippen LogP contribution < -0.4 is 15.7 Å². The molecule has 0 aliphatic carbocycles. The van der Waals surface area contributed by atoms with E-state index >= 15 is 0 Å². The molecular weight excluding hydrogens is 405 g/mol. The molecule has 0 aliphatic heterocycles. The summed E-state index contributed by atoms with van der Waals surface area (Å²) in [4.78, 5) is 29.3. The largest absolute Gasteiger partial charge is 0.296 e. The first kappa shape index (κ1) is 17.9. The molecule has 4 rings (SSSR count). The highest BCUT2D eigenvalue weighted by Gasteiger charge is 2.12. The standard InChI is InChI=1S/C19H11Cl2N3O2S/c20-13-7-5-11(6-8-13)9-16-18(26)24-19(27-16)22-17(25)15(23-24)10-12-3-1-2-4-14(12)21/h1-9H,10H2/b16-9+. The van der Waals surface area contributed by atoms with E-state index in [1.165, 1.54) is 4.52 Å². The summed E-state index contributed by atoms with van der Waals surface area (Å²) < 4.78 is 1.60. The van der Waals surface area contributed by atoms with Crippen molar-refractivity contribution in [2.75, 3.05) is 0 Å².